The van der Waals surface area contributed by atoms with Crippen molar-refractivity contribution < 1.29 is 10.2 Å². The standard InChI is InChI=1S/C13H20N4O2/c1-9-11-4-10(5-14-7-13(2,19)8-18)6-15-12(11)17(3)16-9/h4,6,14,18-19H,5,7-8H2,1-3H3. The predicted octanol–water partition coefficient (Wildman–Crippen LogP) is 0.110. The van der Waals surface area contributed by atoms with Crippen molar-refractivity contribution >= 4 is 11.0 Å². The molecular weight excluding hydrogens is 244 g/mol. The molecule has 104 valence electrons. The molecule has 1 atom stereocenters. The van der Waals surface area contributed by atoms with Gasteiger partial charge in [-0.3, -0.25) is 4.68 Å². The lowest BCUT2D eigenvalue weighted by atomic mass is 10.1. The molecular formula is C13H20N4O2. The van der Waals surface area contributed by atoms with Gasteiger partial charge in [0.25, 0.3) is 0 Å². The molecule has 0 aliphatic heterocycles. The predicted molar refractivity (Wildman–Crippen MR) is 72.7 cm³/mol. The third kappa shape index (κ3) is 3.09. The van der Waals surface area contributed by atoms with Crippen LogP contribution in [-0.2, 0) is 13.6 Å². The molecule has 3 N–H and O–H groups in total. The third-order valence-corrected chi connectivity index (χ3v) is 3.10. The van der Waals surface area contributed by atoms with E-state index in [0.717, 1.165) is 22.3 Å². The Kier molecular flexibility index (Phi) is 3.84. The van der Waals surface area contributed by atoms with Crippen molar-refractivity contribution in [2.24, 2.45) is 7.05 Å². The second-order valence-electron chi connectivity index (χ2n) is 5.18. The molecule has 1 unspecified atom stereocenters. The minimum atomic E-state index is -1.10. The average Bonchev–Trinajstić information content (AvgIpc) is 2.65. The average molecular weight is 264 g/mol. The molecule has 19 heavy (non-hydrogen) atoms. The van der Waals surface area contributed by atoms with Gasteiger partial charge >= 0.3 is 0 Å². The van der Waals surface area contributed by atoms with Crippen LogP contribution in [0.3, 0.4) is 0 Å². The van der Waals surface area contributed by atoms with E-state index in [9.17, 15) is 5.11 Å². The van der Waals surface area contributed by atoms with Gasteiger partial charge in [0.2, 0.25) is 0 Å². The van der Waals surface area contributed by atoms with Crippen molar-refractivity contribution in [3.63, 3.8) is 0 Å². The number of aliphatic hydroxyl groups excluding tert-OH is 1. The van der Waals surface area contributed by atoms with Gasteiger partial charge in [0.05, 0.1) is 17.9 Å². The minimum absolute atomic E-state index is 0.265. The van der Waals surface area contributed by atoms with Gasteiger partial charge in [-0.1, -0.05) is 0 Å². The Morgan fingerprint density at radius 3 is 2.89 bits per heavy atom. The van der Waals surface area contributed by atoms with Gasteiger partial charge in [0, 0.05) is 31.7 Å². The molecule has 2 heterocycles. The van der Waals surface area contributed by atoms with Gasteiger partial charge in [-0.15, -0.1) is 0 Å². The van der Waals surface area contributed by atoms with E-state index in [2.05, 4.69) is 15.4 Å². The Morgan fingerprint density at radius 1 is 1.47 bits per heavy atom. The quantitative estimate of drug-likeness (QED) is 0.714. The summed E-state index contributed by atoms with van der Waals surface area (Å²) < 4.78 is 1.76. The van der Waals surface area contributed by atoms with E-state index < -0.39 is 5.60 Å². The molecule has 6 nitrogen and oxygen atoms in total. The van der Waals surface area contributed by atoms with Crippen LogP contribution in [-0.4, -0.2) is 43.7 Å². The first-order chi connectivity index (χ1) is 8.93. The van der Waals surface area contributed by atoms with Crippen molar-refractivity contribution in [3.05, 3.63) is 23.5 Å². The van der Waals surface area contributed by atoms with Crippen LogP contribution in [0.1, 0.15) is 18.2 Å². The van der Waals surface area contributed by atoms with E-state index in [1.807, 2.05) is 20.0 Å². The SMILES string of the molecule is Cc1nn(C)c2ncc(CNCC(C)(O)CO)cc12. The lowest BCUT2D eigenvalue weighted by Gasteiger charge is -2.20. The number of rotatable bonds is 5. The Morgan fingerprint density at radius 2 is 2.21 bits per heavy atom. The second kappa shape index (κ2) is 5.24. The topological polar surface area (TPSA) is 83.2 Å². The van der Waals surface area contributed by atoms with Gasteiger partial charge in [-0.2, -0.15) is 5.10 Å². The molecule has 2 rings (SSSR count). The summed E-state index contributed by atoms with van der Waals surface area (Å²) in [5, 5.41) is 27.1. The molecule has 0 aliphatic rings. The number of fused-ring (bicyclic) bond motifs is 1. The Hall–Kier alpha value is -1.50. The van der Waals surface area contributed by atoms with Gasteiger partial charge in [0.1, 0.15) is 0 Å². The highest BCUT2D eigenvalue weighted by Gasteiger charge is 2.17. The minimum Gasteiger partial charge on any atom is -0.393 e. The maximum atomic E-state index is 9.68. The molecule has 0 aromatic carbocycles. The first kappa shape index (κ1) is 13.9. The molecule has 0 aliphatic carbocycles. The van der Waals surface area contributed by atoms with Crippen LogP contribution in [0.4, 0.5) is 0 Å². The van der Waals surface area contributed by atoms with Gasteiger partial charge in [0.15, 0.2) is 5.65 Å². The van der Waals surface area contributed by atoms with Crippen LogP contribution in [0.5, 0.6) is 0 Å². The number of pyridine rings is 1. The summed E-state index contributed by atoms with van der Waals surface area (Å²) in [5.41, 5.74) is 1.75. The van der Waals surface area contributed by atoms with E-state index in [1.165, 1.54) is 0 Å². The lowest BCUT2D eigenvalue weighted by molar-refractivity contribution is 0.00253. The van der Waals surface area contributed by atoms with Crippen molar-refractivity contribution in [3.8, 4) is 0 Å². The zero-order chi connectivity index (χ0) is 14.0. The van der Waals surface area contributed by atoms with Gasteiger partial charge in [-0.05, 0) is 25.5 Å². The molecule has 0 spiro atoms. The molecule has 2 aromatic heterocycles. The third-order valence-electron chi connectivity index (χ3n) is 3.10. The fourth-order valence-electron chi connectivity index (χ4n) is 1.98. The monoisotopic (exact) mass is 264 g/mol. The summed E-state index contributed by atoms with van der Waals surface area (Å²) in [4.78, 5) is 4.39. The Labute approximate surface area is 112 Å². The van der Waals surface area contributed by atoms with Crippen molar-refractivity contribution in [1.82, 2.24) is 20.1 Å². The van der Waals surface area contributed by atoms with Crippen molar-refractivity contribution in [2.75, 3.05) is 13.2 Å². The molecule has 0 saturated carbocycles. The van der Waals surface area contributed by atoms with Gasteiger partial charge in [-0.25, -0.2) is 4.98 Å². The maximum Gasteiger partial charge on any atom is 0.157 e. The van der Waals surface area contributed by atoms with Crippen LogP contribution >= 0.6 is 0 Å². The largest absolute Gasteiger partial charge is 0.393 e. The highest BCUT2D eigenvalue weighted by atomic mass is 16.3. The zero-order valence-corrected chi connectivity index (χ0v) is 11.5. The van der Waals surface area contributed by atoms with Crippen LogP contribution < -0.4 is 5.32 Å². The first-order valence-corrected chi connectivity index (χ1v) is 6.25. The molecule has 2 aromatic rings. The lowest BCUT2D eigenvalue weighted by Crippen LogP contribution is -2.40. The smallest absolute Gasteiger partial charge is 0.157 e. The number of nitrogens with one attached hydrogen (secondary N) is 1. The summed E-state index contributed by atoms with van der Waals surface area (Å²) >= 11 is 0. The van der Waals surface area contributed by atoms with E-state index in [0.29, 0.717) is 13.1 Å². The number of aryl methyl sites for hydroxylation is 2. The summed E-state index contributed by atoms with van der Waals surface area (Å²) in [5.74, 6) is 0. The molecule has 0 saturated heterocycles. The number of aromatic nitrogens is 3. The van der Waals surface area contributed by atoms with Crippen LogP contribution in [0.25, 0.3) is 11.0 Å². The number of hydrogen-bond donors (Lipinski definition) is 3. The highest BCUT2D eigenvalue weighted by Crippen LogP contribution is 2.16. The summed E-state index contributed by atoms with van der Waals surface area (Å²) in [6, 6.07) is 2.05. The normalized spacial score (nSPS) is 14.8. The van der Waals surface area contributed by atoms with Crippen molar-refractivity contribution in [2.45, 2.75) is 26.0 Å². The van der Waals surface area contributed by atoms with Crippen LogP contribution in [0.2, 0.25) is 0 Å². The van der Waals surface area contributed by atoms with E-state index >= 15 is 0 Å². The van der Waals surface area contributed by atoms with E-state index in [-0.39, 0.29) is 6.61 Å². The Balaban J connectivity index is 2.08. The molecule has 0 radical (unpaired) electrons. The Bertz CT molecular complexity index is 577. The second-order valence-corrected chi connectivity index (χ2v) is 5.18. The summed E-state index contributed by atoms with van der Waals surface area (Å²) in [6.45, 7) is 4.20. The molecule has 0 bridgehead atoms. The van der Waals surface area contributed by atoms with Gasteiger partial charge < -0.3 is 15.5 Å². The fourth-order valence-corrected chi connectivity index (χ4v) is 1.98. The number of aliphatic hydroxyl groups is 2. The zero-order valence-electron chi connectivity index (χ0n) is 11.5. The molecule has 6 heteroatoms. The van der Waals surface area contributed by atoms with E-state index in [4.69, 9.17) is 5.11 Å². The maximum absolute atomic E-state index is 9.68. The molecule has 0 fully saturated rings. The fraction of sp³-hybridized carbons (Fsp3) is 0.538. The van der Waals surface area contributed by atoms with Crippen LogP contribution in [0.15, 0.2) is 12.3 Å². The first-order valence-electron chi connectivity index (χ1n) is 6.25. The van der Waals surface area contributed by atoms with E-state index in [1.54, 1.807) is 17.8 Å². The van der Waals surface area contributed by atoms with Crippen LogP contribution in [0, 0.1) is 6.92 Å². The number of hydrogen-bond acceptors (Lipinski definition) is 5. The summed E-state index contributed by atoms with van der Waals surface area (Å²) in [6.07, 6.45) is 1.80. The number of nitrogens with zero attached hydrogens (tertiary/aromatic N) is 3. The molecule has 0 amide bonds. The summed E-state index contributed by atoms with van der Waals surface area (Å²) in [7, 11) is 1.87. The van der Waals surface area contributed by atoms with Crippen molar-refractivity contribution in [1.29, 1.82) is 0 Å². The highest BCUT2D eigenvalue weighted by molar-refractivity contribution is 5.78.